The standard InChI is InChI=1S/C14H16N2O2/c1-16-12(6-7-15-16)14-11(9-17)8-13(18-14)10-4-2-3-5-10/h6-10H,2-5H2,1H3. The number of hydrogen-bond acceptors (Lipinski definition) is 3. The zero-order chi connectivity index (χ0) is 12.5. The Morgan fingerprint density at radius 1 is 1.44 bits per heavy atom. The van der Waals surface area contributed by atoms with Gasteiger partial charge in [-0.05, 0) is 25.0 Å². The molecule has 2 aromatic rings. The molecule has 0 atom stereocenters. The third-order valence-electron chi connectivity index (χ3n) is 3.72. The Morgan fingerprint density at radius 3 is 2.83 bits per heavy atom. The molecule has 2 heterocycles. The lowest BCUT2D eigenvalue weighted by atomic mass is 10.0. The van der Waals surface area contributed by atoms with Crippen molar-refractivity contribution in [2.24, 2.45) is 7.05 Å². The molecule has 3 rings (SSSR count). The van der Waals surface area contributed by atoms with E-state index in [1.807, 2.05) is 19.2 Å². The van der Waals surface area contributed by atoms with Crippen molar-refractivity contribution in [3.63, 3.8) is 0 Å². The van der Waals surface area contributed by atoms with Crippen LogP contribution in [0.2, 0.25) is 0 Å². The topological polar surface area (TPSA) is 48.0 Å². The number of aromatic nitrogens is 2. The first-order chi connectivity index (χ1) is 8.79. The van der Waals surface area contributed by atoms with Gasteiger partial charge in [-0.15, -0.1) is 0 Å². The van der Waals surface area contributed by atoms with Crippen molar-refractivity contribution in [2.75, 3.05) is 0 Å². The molecular formula is C14H16N2O2. The summed E-state index contributed by atoms with van der Waals surface area (Å²) in [5.41, 5.74) is 1.47. The highest BCUT2D eigenvalue weighted by Crippen LogP contribution is 2.38. The largest absolute Gasteiger partial charge is 0.458 e. The second-order valence-electron chi connectivity index (χ2n) is 4.87. The molecule has 0 aliphatic heterocycles. The minimum atomic E-state index is 0.477. The molecule has 0 amide bonds. The van der Waals surface area contributed by atoms with Crippen LogP contribution in [0.15, 0.2) is 22.7 Å². The predicted molar refractivity (Wildman–Crippen MR) is 67.5 cm³/mol. The van der Waals surface area contributed by atoms with Gasteiger partial charge in [-0.25, -0.2) is 0 Å². The summed E-state index contributed by atoms with van der Waals surface area (Å²) < 4.78 is 7.65. The first-order valence-electron chi connectivity index (χ1n) is 6.37. The summed E-state index contributed by atoms with van der Waals surface area (Å²) in [6.45, 7) is 0. The summed E-state index contributed by atoms with van der Waals surface area (Å²) >= 11 is 0. The van der Waals surface area contributed by atoms with Gasteiger partial charge in [-0.3, -0.25) is 9.48 Å². The van der Waals surface area contributed by atoms with Crippen molar-refractivity contribution in [2.45, 2.75) is 31.6 Å². The van der Waals surface area contributed by atoms with Crippen LogP contribution in [-0.4, -0.2) is 16.1 Å². The normalized spacial score (nSPS) is 16.3. The van der Waals surface area contributed by atoms with Gasteiger partial charge in [0.2, 0.25) is 0 Å². The molecule has 2 aromatic heterocycles. The Labute approximate surface area is 106 Å². The quantitative estimate of drug-likeness (QED) is 0.779. The van der Waals surface area contributed by atoms with E-state index in [-0.39, 0.29) is 0 Å². The first kappa shape index (κ1) is 11.3. The van der Waals surface area contributed by atoms with Gasteiger partial charge < -0.3 is 4.42 Å². The molecule has 18 heavy (non-hydrogen) atoms. The monoisotopic (exact) mass is 244 g/mol. The second kappa shape index (κ2) is 4.44. The molecule has 4 nitrogen and oxygen atoms in total. The number of aryl methyl sites for hydroxylation is 1. The van der Waals surface area contributed by atoms with Crippen LogP contribution in [0.3, 0.4) is 0 Å². The van der Waals surface area contributed by atoms with E-state index in [0.29, 0.717) is 17.2 Å². The van der Waals surface area contributed by atoms with Gasteiger partial charge in [-0.1, -0.05) is 12.8 Å². The van der Waals surface area contributed by atoms with E-state index in [9.17, 15) is 4.79 Å². The van der Waals surface area contributed by atoms with Crippen molar-refractivity contribution in [3.05, 3.63) is 29.7 Å². The van der Waals surface area contributed by atoms with E-state index < -0.39 is 0 Å². The molecule has 4 heteroatoms. The average Bonchev–Trinajstić information content (AvgIpc) is 3.07. The Balaban J connectivity index is 2.03. The fourth-order valence-corrected chi connectivity index (χ4v) is 2.72. The molecule has 0 radical (unpaired) electrons. The van der Waals surface area contributed by atoms with E-state index >= 15 is 0 Å². The van der Waals surface area contributed by atoms with E-state index in [2.05, 4.69) is 5.10 Å². The minimum Gasteiger partial charge on any atom is -0.458 e. The van der Waals surface area contributed by atoms with E-state index in [1.54, 1.807) is 10.9 Å². The molecule has 0 bridgehead atoms. The minimum absolute atomic E-state index is 0.477. The third-order valence-corrected chi connectivity index (χ3v) is 3.72. The maximum Gasteiger partial charge on any atom is 0.162 e. The van der Waals surface area contributed by atoms with Crippen LogP contribution in [0.5, 0.6) is 0 Å². The SMILES string of the molecule is Cn1nccc1-c1oc(C2CCCC2)cc1C=O. The summed E-state index contributed by atoms with van der Waals surface area (Å²) in [4.78, 5) is 11.2. The van der Waals surface area contributed by atoms with Crippen LogP contribution < -0.4 is 0 Å². The molecule has 0 unspecified atom stereocenters. The highest BCUT2D eigenvalue weighted by molar-refractivity contribution is 5.84. The number of nitrogens with zero attached hydrogens (tertiary/aromatic N) is 2. The Bertz CT molecular complexity index is 562. The van der Waals surface area contributed by atoms with E-state index in [1.165, 1.54) is 12.8 Å². The Morgan fingerprint density at radius 2 is 2.22 bits per heavy atom. The molecule has 1 saturated carbocycles. The number of hydrogen-bond donors (Lipinski definition) is 0. The van der Waals surface area contributed by atoms with Crippen LogP contribution in [-0.2, 0) is 7.05 Å². The maximum atomic E-state index is 11.2. The van der Waals surface area contributed by atoms with Gasteiger partial charge in [0.05, 0.1) is 5.56 Å². The van der Waals surface area contributed by atoms with Crippen molar-refractivity contribution in [3.8, 4) is 11.5 Å². The van der Waals surface area contributed by atoms with Crippen molar-refractivity contribution in [1.29, 1.82) is 0 Å². The van der Waals surface area contributed by atoms with Crippen LogP contribution in [0.25, 0.3) is 11.5 Å². The van der Waals surface area contributed by atoms with Crippen LogP contribution in [0, 0.1) is 0 Å². The Kier molecular flexibility index (Phi) is 2.78. The molecule has 1 aliphatic carbocycles. The highest BCUT2D eigenvalue weighted by atomic mass is 16.3. The van der Waals surface area contributed by atoms with Gasteiger partial charge in [-0.2, -0.15) is 5.10 Å². The van der Waals surface area contributed by atoms with E-state index in [0.717, 1.165) is 30.6 Å². The van der Waals surface area contributed by atoms with Gasteiger partial charge in [0, 0.05) is 19.2 Å². The summed E-state index contributed by atoms with van der Waals surface area (Å²) in [5, 5.41) is 4.12. The molecule has 0 aromatic carbocycles. The fourth-order valence-electron chi connectivity index (χ4n) is 2.72. The molecular weight excluding hydrogens is 228 g/mol. The van der Waals surface area contributed by atoms with Crippen LogP contribution >= 0.6 is 0 Å². The van der Waals surface area contributed by atoms with Gasteiger partial charge in [0.15, 0.2) is 12.0 Å². The molecule has 0 N–H and O–H groups in total. The zero-order valence-electron chi connectivity index (χ0n) is 10.4. The number of rotatable bonds is 3. The van der Waals surface area contributed by atoms with E-state index in [4.69, 9.17) is 4.42 Å². The molecule has 0 saturated heterocycles. The van der Waals surface area contributed by atoms with Crippen molar-refractivity contribution < 1.29 is 9.21 Å². The van der Waals surface area contributed by atoms with Crippen molar-refractivity contribution >= 4 is 6.29 Å². The first-order valence-corrected chi connectivity index (χ1v) is 6.37. The number of furan rings is 1. The van der Waals surface area contributed by atoms with Gasteiger partial charge in [0.25, 0.3) is 0 Å². The Hall–Kier alpha value is -1.84. The van der Waals surface area contributed by atoms with Crippen LogP contribution in [0.1, 0.15) is 47.7 Å². The summed E-state index contributed by atoms with van der Waals surface area (Å²) in [5.74, 6) is 2.07. The lowest BCUT2D eigenvalue weighted by Gasteiger charge is -2.04. The lowest BCUT2D eigenvalue weighted by Crippen LogP contribution is -1.94. The maximum absolute atomic E-state index is 11.2. The predicted octanol–water partition coefficient (Wildman–Crippen LogP) is 3.15. The smallest absolute Gasteiger partial charge is 0.162 e. The molecule has 1 aliphatic rings. The molecule has 94 valence electrons. The number of aldehydes is 1. The number of carbonyl (C=O) groups is 1. The third kappa shape index (κ3) is 1.78. The lowest BCUT2D eigenvalue weighted by molar-refractivity contribution is 0.112. The van der Waals surface area contributed by atoms with Crippen molar-refractivity contribution in [1.82, 2.24) is 9.78 Å². The summed E-state index contributed by atoms with van der Waals surface area (Å²) in [6.07, 6.45) is 7.41. The van der Waals surface area contributed by atoms with Crippen LogP contribution in [0.4, 0.5) is 0 Å². The second-order valence-corrected chi connectivity index (χ2v) is 4.87. The van der Waals surface area contributed by atoms with Gasteiger partial charge >= 0.3 is 0 Å². The molecule has 1 fully saturated rings. The van der Waals surface area contributed by atoms with Gasteiger partial charge in [0.1, 0.15) is 11.5 Å². The average molecular weight is 244 g/mol. The number of carbonyl (C=O) groups excluding carboxylic acids is 1. The summed E-state index contributed by atoms with van der Waals surface area (Å²) in [7, 11) is 1.85. The zero-order valence-corrected chi connectivity index (χ0v) is 10.4. The summed E-state index contributed by atoms with van der Waals surface area (Å²) in [6, 6.07) is 3.76. The fraction of sp³-hybridized carbons (Fsp3) is 0.429. The molecule has 0 spiro atoms. The highest BCUT2D eigenvalue weighted by Gasteiger charge is 2.23.